The Morgan fingerprint density at radius 2 is 1.96 bits per heavy atom. The lowest BCUT2D eigenvalue weighted by Crippen LogP contribution is -2.34. The maximum absolute atomic E-state index is 13.1. The lowest BCUT2D eigenvalue weighted by molar-refractivity contribution is 0.0754. The summed E-state index contributed by atoms with van der Waals surface area (Å²) >= 11 is 0. The van der Waals surface area contributed by atoms with Gasteiger partial charge in [-0.2, -0.15) is 5.26 Å². The standard InChI is InChI=1S/C20H19FN2O/c21-19-9-7-16(8-10-19)18-5-1-2-11-23(14-18)20(24)17-6-3-4-15(12-17)13-22/h3-4,6-10,12,18H,1-2,5,11,14H2/t18-/m0/s1. The second-order valence-electron chi connectivity index (χ2n) is 6.19. The number of rotatable bonds is 2. The van der Waals surface area contributed by atoms with Gasteiger partial charge in [-0.05, 0) is 48.7 Å². The molecule has 3 rings (SSSR count). The van der Waals surface area contributed by atoms with E-state index in [-0.39, 0.29) is 17.6 Å². The van der Waals surface area contributed by atoms with Gasteiger partial charge in [0.1, 0.15) is 5.82 Å². The Balaban J connectivity index is 1.80. The fourth-order valence-corrected chi connectivity index (χ4v) is 3.24. The Morgan fingerprint density at radius 1 is 1.17 bits per heavy atom. The van der Waals surface area contributed by atoms with E-state index in [1.165, 1.54) is 12.1 Å². The van der Waals surface area contributed by atoms with Crippen LogP contribution in [0.1, 0.15) is 46.7 Å². The van der Waals surface area contributed by atoms with Crippen LogP contribution < -0.4 is 0 Å². The zero-order chi connectivity index (χ0) is 16.9. The van der Waals surface area contributed by atoms with Gasteiger partial charge in [0.25, 0.3) is 5.91 Å². The average Bonchev–Trinajstić information content (AvgIpc) is 2.88. The molecule has 1 heterocycles. The fraction of sp³-hybridized carbons (Fsp3) is 0.300. The van der Waals surface area contributed by atoms with Crippen molar-refractivity contribution < 1.29 is 9.18 Å². The quantitative estimate of drug-likeness (QED) is 0.835. The van der Waals surface area contributed by atoms with Crippen molar-refractivity contribution >= 4 is 5.91 Å². The van der Waals surface area contributed by atoms with E-state index in [1.54, 1.807) is 24.3 Å². The maximum Gasteiger partial charge on any atom is 0.253 e. The number of amides is 1. The third-order valence-corrected chi connectivity index (χ3v) is 4.54. The molecule has 2 aromatic rings. The highest BCUT2D eigenvalue weighted by molar-refractivity contribution is 5.94. The van der Waals surface area contributed by atoms with Gasteiger partial charge < -0.3 is 4.90 Å². The summed E-state index contributed by atoms with van der Waals surface area (Å²) in [4.78, 5) is 14.7. The molecular formula is C20H19FN2O. The van der Waals surface area contributed by atoms with Gasteiger partial charge in [-0.1, -0.05) is 24.6 Å². The Bertz CT molecular complexity index is 764. The van der Waals surface area contributed by atoms with Crippen molar-refractivity contribution in [2.24, 2.45) is 0 Å². The third kappa shape index (κ3) is 3.62. The molecule has 1 fully saturated rings. The van der Waals surface area contributed by atoms with Crippen molar-refractivity contribution in [3.63, 3.8) is 0 Å². The highest BCUT2D eigenvalue weighted by Crippen LogP contribution is 2.27. The molecule has 0 N–H and O–H groups in total. The molecule has 0 unspecified atom stereocenters. The van der Waals surface area contributed by atoms with Crippen LogP contribution in [0.2, 0.25) is 0 Å². The van der Waals surface area contributed by atoms with Crippen molar-refractivity contribution in [1.82, 2.24) is 4.90 Å². The predicted octanol–water partition coefficient (Wildman–Crippen LogP) is 4.11. The van der Waals surface area contributed by atoms with Gasteiger partial charge >= 0.3 is 0 Å². The minimum absolute atomic E-state index is 0.0406. The minimum atomic E-state index is -0.242. The number of nitrogens with zero attached hydrogens (tertiary/aromatic N) is 2. The Kier molecular flexibility index (Phi) is 4.90. The van der Waals surface area contributed by atoms with Crippen molar-refractivity contribution in [3.05, 3.63) is 71.0 Å². The Morgan fingerprint density at radius 3 is 2.71 bits per heavy atom. The largest absolute Gasteiger partial charge is 0.338 e. The van der Waals surface area contributed by atoms with Crippen LogP contribution in [-0.4, -0.2) is 23.9 Å². The maximum atomic E-state index is 13.1. The molecule has 0 saturated carbocycles. The zero-order valence-corrected chi connectivity index (χ0v) is 13.4. The van der Waals surface area contributed by atoms with Gasteiger partial charge in [0.05, 0.1) is 11.6 Å². The molecule has 1 atom stereocenters. The molecule has 0 bridgehead atoms. The number of likely N-dealkylation sites (tertiary alicyclic amines) is 1. The summed E-state index contributed by atoms with van der Waals surface area (Å²) in [5, 5.41) is 9.01. The summed E-state index contributed by atoms with van der Waals surface area (Å²) in [5.74, 6) is -0.0639. The summed E-state index contributed by atoms with van der Waals surface area (Å²) < 4.78 is 13.1. The van der Waals surface area contributed by atoms with Gasteiger partial charge in [-0.15, -0.1) is 0 Å². The van der Waals surface area contributed by atoms with E-state index in [2.05, 4.69) is 6.07 Å². The molecule has 122 valence electrons. The van der Waals surface area contributed by atoms with Crippen LogP contribution in [-0.2, 0) is 0 Å². The van der Waals surface area contributed by atoms with Gasteiger partial charge in [-0.25, -0.2) is 4.39 Å². The van der Waals surface area contributed by atoms with Gasteiger partial charge in [0.2, 0.25) is 0 Å². The summed E-state index contributed by atoms with van der Waals surface area (Å²) in [6.07, 6.45) is 3.00. The molecular weight excluding hydrogens is 303 g/mol. The molecule has 2 aromatic carbocycles. The smallest absolute Gasteiger partial charge is 0.253 e. The first-order chi connectivity index (χ1) is 11.7. The van der Waals surface area contributed by atoms with E-state index in [0.717, 1.165) is 24.8 Å². The molecule has 0 spiro atoms. The van der Waals surface area contributed by atoms with Crippen molar-refractivity contribution in [2.45, 2.75) is 25.2 Å². The monoisotopic (exact) mass is 322 g/mol. The molecule has 4 heteroatoms. The minimum Gasteiger partial charge on any atom is -0.338 e. The fourth-order valence-electron chi connectivity index (χ4n) is 3.24. The SMILES string of the molecule is N#Cc1cccc(C(=O)N2CCCC[C@H](c3ccc(F)cc3)C2)c1. The number of nitriles is 1. The molecule has 3 nitrogen and oxygen atoms in total. The summed E-state index contributed by atoms with van der Waals surface area (Å²) in [5.41, 5.74) is 2.11. The van der Waals surface area contributed by atoms with E-state index in [1.807, 2.05) is 17.0 Å². The molecule has 1 aliphatic heterocycles. The lowest BCUT2D eigenvalue weighted by Gasteiger charge is -2.25. The van der Waals surface area contributed by atoms with Crippen LogP contribution in [0.25, 0.3) is 0 Å². The Labute approximate surface area is 141 Å². The second kappa shape index (κ2) is 7.27. The van der Waals surface area contributed by atoms with E-state index in [4.69, 9.17) is 5.26 Å². The molecule has 1 amide bonds. The van der Waals surface area contributed by atoms with Crippen molar-refractivity contribution in [2.75, 3.05) is 13.1 Å². The van der Waals surface area contributed by atoms with Crippen LogP contribution >= 0.6 is 0 Å². The highest BCUT2D eigenvalue weighted by atomic mass is 19.1. The first-order valence-corrected chi connectivity index (χ1v) is 8.22. The zero-order valence-electron chi connectivity index (χ0n) is 13.4. The number of carbonyl (C=O) groups excluding carboxylic acids is 1. The lowest BCUT2D eigenvalue weighted by atomic mass is 9.94. The molecule has 0 aliphatic carbocycles. The van der Waals surface area contributed by atoms with Gasteiger partial charge in [-0.3, -0.25) is 4.79 Å². The molecule has 1 aliphatic rings. The van der Waals surface area contributed by atoms with Gasteiger partial charge in [0.15, 0.2) is 0 Å². The van der Waals surface area contributed by atoms with E-state index in [9.17, 15) is 9.18 Å². The van der Waals surface area contributed by atoms with Crippen LogP contribution in [0, 0.1) is 17.1 Å². The summed E-state index contributed by atoms with van der Waals surface area (Å²) in [6, 6.07) is 15.5. The molecule has 24 heavy (non-hydrogen) atoms. The second-order valence-corrected chi connectivity index (χ2v) is 6.19. The van der Waals surface area contributed by atoms with Gasteiger partial charge in [0, 0.05) is 24.6 Å². The number of hydrogen-bond donors (Lipinski definition) is 0. The predicted molar refractivity (Wildman–Crippen MR) is 90.1 cm³/mol. The van der Waals surface area contributed by atoms with Crippen LogP contribution in [0.5, 0.6) is 0 Å². The normalized spacial score (nSPS) is 17.8. The third-order valence-electron chi connectivity index (χ3n) is 4.54. The summed E-state index contributed by atoms with van der Waals surface area (Å²) in [7, 11) is 0. The first kappa shape index (κ1) is 16.2. The number of benzene rings is 2. The highest BCUT2D eigenvalue weighted by Gasteiger charge is 2.24. The molecule has 0 radical (unpaired) electrons. The average molecular weight is 322 g/mol. The first-order valence-electron chi connectivity index (χ1n) is 8.22. The van der Waals surface area contributed by atoms with E-state index >= 15 is 0 Å². The van der Waals surface area contributed by atoms with E-state index in [0.29, 0.717) is 24.2 Å². The topological polar surface area (TPSA) is 44.1 Å². The number of halogens is 1. The number of hydrogen-bond acceptors (Lipinski definition) is 2. The number of carbonyl (C=O) groups is 1. The molecule has 1 saturated heterocycles. The van der Waals surface area contributed by atoms with Crippen molar-refractivity contribution in [3.8, 4) is 6.07 Å². The molecule has 0 aromatic heterocycles. The van der Waals surface area contributed by atoms with Crippen LogP contribution in [0.3, 0.4) is 0 Å². The summed E-state index contributed by atoms with van der Waals surface area (Å²) in [6.45, 7) is 1.34. The van der Waals surface area contributed by atoms with Crippen molar-refractivity contribution in [1.29, 1.82) is 5.26 Å². The Hall–Kier alpha value is -2.67. The van der Waals surface area contributed by atoms with Crippen LogP contribution in [0.4, 0.5) is 4.39 Å². The van der Waals surface area contributed by atoms with E-state index < -0.39 is 0 Å². The van der Waals surface area contributed by atoms with Crippen LogP contribution in [0.15, 0.2) is 48.5 Å².